The molecule has 3 nitrogen and oxygen atoms in total. The van der Waals surface area contributed by atoms with Crippen LogP contribution in [0, 0.1) is 0 Å². The highest BCUT2D eigenvalue weighted by Crippen LogP contribution is 2.14. The molecule has 82 valence electrons. The quantitative estimate of drug-likeness (QED) is 0.506. The smallest absolute Gasteiger partial charge is 0.305 e. The molecule has 0 atom stereocenters. The maximum Gasteiger partial charge on any atom is 0.305 e. The van der Waals surface area contributed by atoms with Crippen molar-refractivity contribution in [2.75, 3.05) is 6.61 Å². The first-order valence-corrected chi connectivity index (χ1v) is 5.14. The molecular weight excluding hydrogens is 192 g/mol. The maximum atomic E-state index is 11.5. The zero-order valence-corrected chi connectivity index (χ0v) is 8.86. The first-order valence-electron chi connectivity index (χ1n) is 5.14. The molecule has 0 aliphatic heterocycles. The molecule has 0 aromatic rings. The summed E-state index contributed by atoms with van der Waals surface area (Å²) in [5.41, 5.74) is 0.721. The molecule has 0 aromatic heterocycles. The van der Waals surface area contributed by atoms with E-state index in [1.54, 1.807) is 19.1 Å². The lowest BCUT2D eigenvalue weighted by Gasteiger charge is -2.13. The summed E-state index contributed by atoms with van der Waals surface area (Å²) in [4.78, 5) is 11.0. The van der Waals surface area contributed by atoms with Crippen LogP contribution in [0.25, 0.3) is 0 Å². The van der Waals surface area contributed by atoms with Crippen molar-refractivity contribution in [1.29, 1.82) is 0 Å². The van der Waals surface area contributed by atoms with Gasteiger partial charge in [0.1, 0.15) is 0 Å². The topological polar surface area (TPSA) is 49.4 Å². The zero-order chi connectivity index (χ0) is 11.1. The van der Waals surface area contributed by atoms with Crippen LogP contribution in [0.2, 0.25) is 0 Å². The summed E-state index contributed by atoms with van der Waals surface area (Å²) in [5, 5.41) is 11.5. The molecule has 3 heteroatoms. The molecule has 0 aromatic carbocycles. The average Bonchev–Trinajstić information content (AvgIpc) is 2.70. The molecule has 1 aliphatic carbocycles. The molecule has 0 bridgehead atoms. The third-order valence-electron chi connectivity index (χ3n) is 2.07. The molecule has 1 aliphatic rings. The van der Waals surface area contributed by atoms with Crippen molar-refractivity contribution in [3.8, 4) is 0 Å². The van der Waals surface area contributed by atoms with Gasteiger partial charge in [-0.05, 0) is 25.3 Å². The Bertz CT molecular complexity index is 297. The minimum absolute atomic E-state index is 0.0873. The van der Waals surface area contributed by atoms with Gasteiger partial charge in [-0.2, -0.15) is 0 Å². The standard InChI is InChI=1S/C12H16O3/c1-2-15-12(14)9-5-8-11(13)10-6-3-4-7-10/h3-4,6-7,13H,2,5,8-9H2,1H3/p-1. The molecule has 0 fully saturated rings. The highest BCUT2D eigenvalue weighted by atomic mass is 16.5. The summed E-state index contributed by atoms with van der Waals surface area (Å²) < 4.78 is 4.76. The van der Waals surface area contributed by atoms with Gasteiger partial charge in [0.2, 0.25) is 0 Å². The van der Waals surface area contributed by atoms with E-state index in [9.17, 15) is 9.90 Å². The van der Waals surface area contributed by atoms with E-state index in [2.05, 4.69) is 0 Å². The highest BCUT2D eigenvalue weighted by molar-refractivity contribution is 5.69. The Kier molecular flexibility index (Phi) is 4.68. The summed E-state index contributed by atoms with van der Waals surface area (Å²) in [6, 6.07) is 0. The SMILES string of the molecule is CCOC(=O)CCCC([O-])=C1C=CC=C1. The van der Waals surface area contributed by atoms with E-state index in [0.29, 0.717) is 25.9 Å². The third kappa shape index (κ3) is 4.02. The summed E-state index contributed by atoms with van der Waals surface area (Å²) in [6.45, 7) is 2.17. The predicted molar refractivity (Wildman–Crippen MR) is 55.8 cm³/mol. The zero-order valence-electron chi connectivity index (χ0n) is 8.86. The lowest BCUT2D eigenvalue weighted by atomic mass is 10.1. The molecule has 0 unspecified atom stereocenters. The van der Waals surface area contributed by atoms with Crippen molar-refractivity contribution in [3.05, 3.63) is 35.6 Å². The van der Waals surface area contributed by atoms with Crippen molar-refractivity contribution < 1.29 is 14.6 Å². The third-order valence-corrected chi connectivity index (χ3v) is 2.07. The Morgan fingerprint density at radius 1 is 1.33 bits per heavy atom. The molecule has 0 heterocycles. The normalized spacial score (nSPS) is 13.3. The van der Waals surface area contributed by atoms with Gasteiger partial charge in [-0.15, -0.1) is 5.76 Å². The monoisotopic (exact) mass is 207 g/mol. The van der Waals surface area contributed by atoms with Crippen molar-refractivity contribution in [2.24, 2.45) is 0 Å². The van der Waals surface area contributed by atoms with Gasteiger partial charge in [-0.25, -0.2) is 0 Å². The molecule has 15 heavy (non-hydrogen) atoms. The van der Waals surface area contributed by atoms with E-state index in [1.807, 2.05) is 12.2 Å². The first kappa shape index (κ1) is 11.6. The average molecular weight is 207 g/mol. The summed E-state index contributed by atoms with van der Waals surface area (Å²) >= 11 is 0. The molecule has 0 amide bonds. The van der Waals surface area contributed by atoms with Crippen LogP contribution in [0.5, 0.6) is 0 Å². The summed E-state index contributed by atoms with van der Waals surface area (Å²) in [5.74, 6) is -0.142. The van der Waals surface area contributed by atoms with Crippen LogP contribution in [0.15, 0.2) is 35.6 Å². The fraction of sp³-hybridized carbons (Fsp3) is 0.417. The second kappa shape index (κ2) is 6.06. The maximum absolute atomic E-state index is 11.5. The van der Waals surface area contributed by atoms with E-state index in [4.69, 9.17) is 4.74 Å². The van der Waals surface area contributed by atoms with E-state index in [0.717, 1.165) is 5.57 Å². The number of allylic oxidation sites excluding steroid dienone is 6. The predicted octanol–water partition coefficient (Wildman–Crippen LogP) is 1.46. The Morgan fingerprint density at radius 2 is 2.00 bits per heavy atom. The van der Waals surface area contributed by atoms with Gasteiger partial charge < -0.3 is 9.84 Å². The van der Waals surface area contributed by atoms with E-state index in [1.165, 1.54) is 0 Å². The van der Waals surface area contributed by atoms with Gasteiger partial charge in [-0.3, -0.25) is 4.79 Å². The van der Waals surface area contributed by atoms with Crippen LogP contribution in [-0.2, 0) is 9.53 Å². The van der Waals surface area contributed by atoms with E-state index >= 15 is 0 Å². The highest BCUT2D eigenvalue weighted by Gasteiger charge is 2.01. The van der Waals surface area contributed by atoms with Gasteiger partial charge >= 0.3 is 5.97 Å². The first-order chi connectivity index (χ1) is 7.24. The number of esters is 1. The summed E-state index contributed by atoms with van der Waals surface area (Å²) in [6.07, 6.45) is 8.52. The lowest BCUT2D eigenvalue weighted by molar-refractivity contribution is -0.307. The fourth-order valence-electron chi connectivity index (χ4n) is 1.33. The minimum atomic E-state index is -0.229. The molecule has 0 spiro atoms. The number of rotatable bonds is 5. The largest absolute Gasteiger partial charge is 0.875 e. The number of carbonyl (C=O) groups is 1. The van der Waals surface area contributed by atoms with E-state index in [-0.39, 0.29) is 11.7 Å². The molecule has 0 saturated carbocycles. The second-order valence-corrected chi connectivity index (χ2v) is 3.26. The Labute approximate surface area is 89.7 Å². The molecular formula is C12H15O3-. The van der Waals surface area contributed by atoms with Gasteiger partial charge in [0.15, 0.2) is 0 Å². The molecule has 0 saturated heterocycles. The van der Waals surface area contributed by atoms with Crippen LogP contribution >= 0.6 is 0 Å². The van der Waals surface area contributed by atoms with Crippen LogP contribution in [0.4, 0.5) is 0 Å². The molecule has 0 N–H and O–H groups in total. The van der Waals surface area contributed by atoms with Gasteiger partial charge in [0.05, 0.1) is 6.61 Å². The van der Waals surface area contributed by atoms with Crippen molar-refractivity contribution >= 4 is 5.97 Å². The van der Waals surface area contributed by atoms with E-state index < -0.39 is 0 Å². The minimum Gasteiger partial charge on any atom is -0.875 e. The van der Waals surface area contributed by atoms with Crippen LogP contribution in [0.1, 0.15) is 26.2 Å². The fourth-order valence-corrected chi connectivity index (χ4v) is 1.33. The number of carbonyl (C=O) groups excluding carboxylic acids is 1. The van der Waals surface area contributed by atoms with Crippen molar-refractivity contribution in [1.82, 2.24) is 0 Å². The Balaban J connectivity index is 2.26. The van der Waals surface area contributed by atoms with Crippen LogP contribution in [-0.4, -0.2) is 12.6 Å². The van der Waals surface area contributed by atoms with Gasteiger partial charge in [0.25, 0.3) is 0 Å². The van der Waals surface area contributed by atoms with Crippen molar-refractivity contribution in [2.45, 2.75) is 26.2 Å². The Hall–Kier alpha value is -1.51. The van der Waals surface area contributed by atoms with Gasteiger partial charge in [0, 0.05) is 6.42 Å². The Morgan fingerprint density at radius 3 is 2.60 bits per heavy atom. The lowest BCUT2D eigenvalue weighted by Crippen LogP contribution is -2.08. The van der Waals surface area contributed by atoms with Crippen LogP contribution < -0.4 is 5.11 Å². The van der Waals surface area contributed by atoms with Crippen LogP contribution in [0.3, 0.4) is 0 Å². The molecule has 0 radical (unpaired) electrons. The molecule has 1 rings (SSSR count). The second-order valence-electron chi connectivity index (χ2n) is 3.26. The number of hydrogen-bond donors (Lipinski definition) is 0. The van der Waals surface area contributed by atoms with Crippen molar-refractivity contribution in [3.63, 3.8) is 0 Å². The number of ether oxygens (including phenoxy) is 1. The summed E-state index contributed by atoms with van der Waals surface area (Å²) in [7, 11) is 0. The number of hydrogen-bond acceptors (Lipinski definition) is 3. The van der Waals surface area contributed by atoms with Gasteiger partial charge in [-0.1, -0.05) is 24.3 Å².